The standard InChI is InChI=1S/C26H18NO6P/c28-25(19-7-3-1-4-8-19)21-11-15-23(16-12-21)32-34(31,27-30)33-24-17-13-22(14-18-24)26(29)20-9-5-2-6-10-20/h1-18H. The third-order valence-corrected chi connectivity index (χ3v) is 5.93. The zero-order chi connectivity index (χ0) is 24.0. The Morgan fingerprint density at radius 1 is 0.529 bits per heavy atom. The van der Waals surface area contributed by atoms with Crippen molar-refractivity contribution in [1.29, 1.82) is 0 Å². The van der Waals surface area contributed by atoms with Gasteiger partial charge in [-0.05, 0) is 48.5 Å². The van der Waals surface area contributed by atoms with Crippen molar-refractivity contribution < 1.29 is 23.2 Å². The highest BCUT2D eigenvalue weighted by Crippen LogP contribution is 2.49. The van der Waals surface area contributed by atoms with Gasteiger partial charge in [0.25, 0.3) is 0 Å². The highest BCUT2D eigenvalue weighted by molar-refractivity contribution is 7.53. The Balaban J connectivity index is 1.44. The van der Waals surface area contributed by atoms with Gasteiger partial charge < -0.3 is 9.05 Å². The van der Waals surface area contributed by atoms with E-state index in [1.807, 2.05) is 12.1 Å². The predicted octanol–water partition coefficient (Wildman–Crippen LogP) is 6.48. The van der Waals surface area contributed by atoms with Crippen molar-refractivity contribution in [2.24, 2.45) is 4.95 Å². The minimum atomic E-state index is -4.44. The molecule has 0 aliphatic rings. The number of rotatable bonds is 9. The molecule has 0 radical (unpaired) electrons. The van der Waals surface area contributed by atoms with E-state index in [0.29, 0.717) is 22.3 Å². The zero-order valence-corrected chi connectivity index (χ0v) is 18.6. The van der Waals surface area contributed by atoms with Crippen molar-refractivity contribution >= 4 is 19.3 Å². The lowest BCUT2D eigenvalue weighted by molar-refractivity contribution is 0.103. The number of benzene rings is 4. The molecular weight excluding hydrogens is 453 g/mol. The largest absolute Gasteiger partial charge is 0.600 e. The highest BCUT2D eigenvalue weighted by atomic mass is 31.2. The number of carbonyl (C=O) groups excluding carboxylic acids is 2. The molecule has 0 heterocycles. The molecule has 0 amide bonds. The molecule has 7 nitrogen and oxygen atoms in total. The van der Waals surface area contributed by atoms with E-state index in [1.165, 1.54) is 48.5 Å². The zero-order valence-electron chi connectivity index (χ0n) is 17.7. The minimum absolute atomic E-state index is 0.0448. The summed E-state index contributed by atoms with van der Waals surface area (Å²) in [4.78, 5) is 38.8. The topological polar surface area (TPSA) is 99.1 Å². The number of hydrogen-bond donors (Lipinski definition) is 0. The van der Waals surface area contributed by atoms with E-state index in [9.17, 15) is 19.1 Å². The molecule has 0 bridgehead atoms. The second-order valence-electron chi connectivity index (χ2n) is 7.17. The SMILES string of the molecule is O=NP(=O)(Oc1ccc(C(=O)c2ccccc2)cc1)Oc1ccc(C(=O)c2ccccc2)cc1. The normalized spacial score (nSPS) is 10.8. The first-order valence-electron chi connectivity index (χ1n) is 10.2. The molecule has 4 rings (SSSR count). The number of carbonyl (C=O) groups is 2. The van der Waals surface area contributed by atoms with Crippen molar-refractivity contribution in [2.45, 2.75) is 0 Å². The molecule has 4 aromatic rings. The van der Waals surface area contributed by atoms with E-state index in [2.05, 4.69) is 4.95 Å². The summed E-state index contributed by atoms with van der Waals surface area (Å²) in [5.41, 5.74) is 1.84. The number of hydrogen-bond acceptors (Lipinski definition) is 6. The van der Waals surface area contributed by atoms with E-state index >= 15 is 0 Å². The average molecular weight is 471 g/mol. The first kappa shape index (κ1) is 22.8. The number of ketones is 2. The molecule has 0 fully saturated rings. The van der Waals surface area contributed by atoms with E-state index in [1.54, 1.807) is 48.5 Å². The quantitative estimate of drug-likeness (QED) is 0.157. The summed E-state index contributed by atoms with van der Waals surface area (Å²) >= 11 is 0. The molecule has 0 saturated heterocycles. The third-order valence-electron chi connectivity index (χ3n) is 4.85. The monoisotopic (exact) mass is 471 g/mol. The fourth-order valence-electron chi connectivity index (χ4n) is 3.17. The Morgan fingerprint density at radius 3 is 1.18 bits per heavy atom. The molecule has 168 valence electrons. The second-order valence-corrected chi connectivity index (χ2v) is 8.64. The molecule has 34 heavy (non-hydrogen) atoms. The Bertz CT molecular complexity index is 1250. The number of nitrogens with zero attached hydrogens (tertiary/aromatic N) is 1. The maximum absolute atomic E-state index is 12.7. The summed E-state index contributed by atoms with van der Waals surface area (Å²) in [6, 6.07) is 29.0. The van der Waals surface area contributed by atoms with Gasteiger partial charge in [-0.3, -0.25) is 9.59 Å². The summed E-state index contributed by atoms with van der Waals surface area (Å²) in [5.74, 6) is -0.290. The van der Waals surface area contributed by atoms with E-state index in [0.717, 1.165) is 0 Å². The summed E-state index contributed by atoms with van der Waals surface area (Å²) in [5, 5.41) is 0. The lowest BCUT2D eigenvalue weighted by Gasteiger charge is -2.13. The van der Waals surface area contributed by atoms with Crippen LogP contribution in [0.1, 0.15) is 31.8 Å². The maximum Gasteiger partial charge on any atom is 0.600 e. The Hall–Kier alpha value is -4.35. The van der Waals surface area contributed by atoms with Crippen molar-refractivity contribution in [1.82, 2.24) is 0 Å². The molecule has 0 aliphatic carbocycles. The molecular formula is C26H18NO6P. The van der Waals surface area contributed by atoms with Crippen LogP contribution in [-0.4, -0.2) is 11.6 Å². The predicted molar refractivity (Wildman–Crippen MR) is 127 cm³/mol. The van der Waals surface area contributed by atoms with Crippen LogP contribution in [0.2, 0.25) is 0 Å². The maximum atomic E-state index is 12.7. The molecule has 0 saturated carbocycles. The van der Waals surface area contributed by atoms with Crippen LogP contribution < -0.4 is 9.05 Å². The van der Waals surface area contributed by atoms with Gasteiger partial charge in [0.15, 0.2) is 11.6 Å². The molecule has 0 N–H and O–H groups in total. The highest BCUT2D eigenvalue weighted by Gasteiger charge is 2.30. The summed E-state index contributed by atoms with van der Waals surface area (Å²) in [6.45, 7) is 0. The van der Waals surface area contributed by atoms with Crippen LogP contribution in [0.25, 0.3) is 0 Å². The van der Waals surface area contributed by atoms with Crippen molar-refractivity contribution in [3.63, 3.8) is 0 Å². The summed E-state index contributed by atoms with van der Waals surface area (Å²) in [6.07, 6.45) is 0. The van der Waals surface area contributed by atoms with Crippen LogP contribution in [0, 0.1) is 4.91 Å². The van der Waals surface area contributed by atoms with Crippen molar-refractivity contribution in [3.8, 4) is 11.5 Å². The fraction of sp³-hybridized carbons (Fsp3) is 0. The molecule has 0 aliphatic heterocycles. The van der Waals surface area contributed by atoms with Gasteiger partial charge in [-0.25, -0.2) is 4.57 Å². The smallest absolute Gasteiger partial charge is 0.397 e. The average Bonchev–Trinajstić information content (AvgIpc) is 2.90. The molecule has 8 heteroatoms. The number of nitroso groups, excluding NO2 is 1. The lowest BCUT2D eigenvalue weighted by Crippen LogP contribution is -2.02. The molecule has 0 unspecified atom stereocenters. The van der Waals surface area contributed by atoms with Crippen LogP contribution in [0.5, 0.6) is 11.5 Å². The van der Waals surface area contributed by atoms with Gasteiger partial charge >= 0.3 is 7.75 Å². The van der Waals surface area contributed by atoms with Gasteiger partial charge in [0.2, 0.25) is 0 Å². The summed E-state index contributed by atoms with van der Waals surface area (Å²) < 4.78 is 23.2. The van der Waals surface area contributed by atoms with Crippen LogP contribution >= 0.6 is 7.75 Å². The molecule has 4 aromatic carbocycles. The Kier molecular flexibility index (Phi) is 6.76. The van der Waals surface area contributed by atoms with E-state index < -0.39 is 7.75 Å². The van der Waals surface area contributed by atoms with Gasteiger partial charge in [-0.2, -0.15) is 0 Å². The van der Waals surface area contributed by atoms with Crippen LogP contribution in [0.15, 0.2) is 114 Å². The third kappa shape index (κ3) is 5.34. The first-order valence-corrected chi connectivity index (χ1v) is 11.7. The Morgan fingerprint density at radius 2 is 0.853 bits per heavy atom. The second kappa shape index (κ2) is 10.1. The molecule has 0 spiro atoms. The van der Waals surface area contributed by atoms with Gasteiger partial charge in [0, 0.05) is 22.3 Å². The van der Waals surface area contributed by atoms with Crippen LogP contribution in [-0.2, 0) is 4.57 Å². The van der Waals surface area contributed by atoms with Crippen molar-refractivity contribution in [2.75, 3.05) is 0 Å². The molecule has 0 atom stereocenters. The molecule has 0 aromatic heterocycles. The fourth-order valence-corrected chi connectivity index (χ4v) is 4.05. The van der Waals surface area contributed by atoms with E-state index in [4.69, 9.17) is 9.05 Å². The Labute approximate surface area is 195 Å². The van der Waals surface area contributed by atoms with Crippen LogP contribution in [0.3, 0.4) is 0 Å². The van der Waals surface area contributed by atoms with Gasteiger partial charge in [-0.15, -0.1) is 4.91 Å². The van der Waals surface area contributed by atoms with Crippen LogP contribution in [0.4, 0.5) is 0 Å². The minimum Gasteiger partial charge on any atom is -0.397 e. The van der Waals surface area contributed by atoms with E-state index in [-0.39, 0.29) is 23.1 Å². The first-order chi connectivity index (χ1) is 16.5. The summed E-state index contributed by atoms with van der Waals surface area (Å²) in [7, 11) is -4.44. The van der Waals surface area contributed by atoms with Gasteiger partial charge in [0.05, 0.1) is 4.95 Å². The van der Waals surface area contributed by atoms with Crippen molar-refractivity contribution in [3.05, 3.63) is 136 Å². The van der Waals surface area contributed by atoms with Gasteiger partial charge in [0.1, 0.15) is 11.5 Å². The van der Waals surface area contributed by atoms with Gasteiger partial charge in [-0.1, -0.05) is 60.7 Å². The lowest BCUT2D eigenvalue weighted by atomic mass is 10.0.